The van der Waals surface area contributed by atoms with Gasteiger partial charge in [0.1, 0.15) is 12.4 Å². The van der Waals surface area contributed by atoms with Crippen LogP contribution in [-0.4, -0.2) is 20.3 Å². The second kappa shape index (κ2) is 7.72. The van der Waals surface area contributed by atoms with Crippen LogP contribution in [-0.2, 0) is 0 Å². The smallest absolute Gasteiger partial charge is 0.165 e. The molecule has 0 unspecified atom stereocenters. The molecule has 0 radical (unpaired) electrons. The summed E-state index contributed by atoms with van der Waals surface area (Å²) in [5.41, 5.74) is 7.03. The summed E-state index contributed by atoms with van der Waals surface area (Å²) in [5, 5.41) is 0. The van der Waals surface area contributed by atoms with E-state index in [4.69, 9.17) is 15.2 Å². The molecule has 3 nitrogen and oxygen atoms in total. The monoisotopic (exact) mass is 297 g/mol. The standard InChI is InChI=1S/C15H16FNO2.ClH/c1-18-13-5-2-11(3-6-13)12-4-7-15(14(16)10-12)19-9-8-17;/h2-7,10H,8-9,17H2,1H3;1H. The van der Waals surface area contributed by atoms with Crippen LogP contribution in [0.5, 0.6) is 11.5 Å². The first-order valence-electron chi connectivity index (χ1n) is 6.01. The normalized spacial score (nSPS) is 9.75. The van der Waals surface area contributed by atoms with Crippen LogP contribution >= 0.6 is 12.4 Å². The van der Waals surface area contributed by atoms with E-state index < -0.39 is 0 Å². The SMILES string of the molecule is COc1ccc(-c2ccc(OCCN)c(F)c2)cc1.Cl. The molecule has 2 aromatic rings. The predicted molar refractivity (Wildman–Crippen MR) is 80.2 cm³/mol. The van der Waals surface area contributed by atoms with E-state index in [0.717, 1.165) is 16.9 Å². The van der Waals surface area contributed by atoms with Crippen LogP contribution in [0, 0.1) is 5.82 Å². The minimum Gasteiger partial charge on any atom is -0.497 e. The molecule has 0 saturated carbocycles. The van der Waals surface area contributed by atoms with Crippen LogP contribution in [0.2, 0.25) is 0 Å². The molecular weight excluding hydrogens is 281 g/mol. The highest BCUT2D eigenvalue weighted by atomic mass is 35.5. The van der Waals surface area contributed by atoms with Gasteiger partial charge in [-0.25, -0.2) is 4.39 Å². The minimum absolute atomic E-state index is 0. The van der Waals surface area contributed by atoms with E-state index in [0.29, 0.717) is 13.2 Å². The van der Waals surface area contributed by atoms with Gasteiger partial charge in [0.25, 0.3) is 0 Å². The van der Waals surface area contributed by atoms with Gasteiger partial charge in [0.05, 0.1) is 7.11 Å². The van der Waals surface area contributed by atoms with Gasteiger partial charge < -0.3 is 15.2 Å². The van der Waals surface area contributed by atoms with Crippen LogP contribution in [0.15, 0.2) is 42.5 Å². The largest absolute Gasteiger partial charge is 0.497 e. The van der Waals surface area contributed by atoms with Gasteiger partial charge in [-0.1, -0.05) is 18.2 Å². The summed E-state index contributed by atoms with van der Waals surface area (Å²) in [7, 11) is 1.61. The van der Waals surface area contributed by atoms with Crippen LogP contribution in [0.25, 0.3) is 11.1 Å². The average Bonchev–Trinajstić information content (AvgIpc) is 2.46. The molecule has 2 N–H and O–H groups in total. The molecule has 0 fully saturated rings. The number of rotatable bonds is 5. The Morgan fingerprint density at radius 1 is 1.05 bits per heavy atom. The first-order valence-corrected chi connectivity index (χ1v) is 6.01. The maximum Gasteiger partial charge on any atom is 0.165 e. The number of hydrogen-bond donors (Lipinski definition) is 1. The van der Waals surface area contributed by atoms with Crippen LogP contribution in [0.1, 0.15) is 0 Å². The Labute approximate surface area is 123 Å². The first-order chi connectivity index (χ1) is 9.24. The summed E-state index contributed by atoms with van der Waals surface area (Å²) >= 11 is 0. The van der Waals surface area contributed by atoms with Crippen molar-refractivity contribution >= 4 is 12.4 Å². The number of nitrogens with two attached hydrogens (primary N) is 1. The van der Waals surface area contributed by atoms with Gasteiger partial charge in [0.2, 0.25) is 0 Å². The fraction of sp³-hybridized carbons (Fsp3) is 0.200. The van der Waals surface area contributed by atoms with Gasteiger partial charge in [-0.05, 0) is 35.4 Å². The average molecular weight is 298 g/mol. The maximum absolute atomic E-state index is 13.8. The zero-order chi connectivity index (χ0) is 13.7. The third kappa shape index (κ3) is 3.85. The molecule has 0 aliphatic heterocycles. The number of benzene rings is 2. The second-order valence-electron chi connectivity index (χ2n) is 4.01. The highest BCUT2D eigenvalue weighted by molar-refractivity contribution is 5.85. The van der Waals surface area contributed by atoms with E-state index in [9.17, 15) is 4.39 Å². The van der Waals surface area contributed by atoms with Gasteiger partial charge in [-0.15, -0.1) is 12.4 Å². The van der Waals surface area contributed by atoms with Crippen molar-refractivity contribution in [1.82, 2.24) is 0 Å². The second-order valence-corrected chi connectivity index (χ2v) is 4.01. The Balaban J connectivity index is 0.00000200. The van der Waals surface area contributed by atoms with E-state index in [2.05, 4.69) is 0 Å². The van der Waals surface area contributed by atoms with Crippen molar-refractivity contribution in [3.8, 4) is 22.6 Å². The van der Waals surface area contributed by atoms with Gasteiger partial charge >= 0.3 is 0 Å². The summed E-state index contributed by atoms with van der Waals surface area (Å²) in [5.74, 6) is 0.608. The minimum atomic E-state index is -0.387. The lowest BCUT2D eigenvalue weighted by Gasteiger charge is -2.08. The number of halogens is 2. The summed E-state index contributed by atoms with van der Waals surface area (Å²) in [4.78, 5) is 0. The van der Waals surface area contributed by atoms with Crippen molar-refractivity contribution in [3.63, 3.8) is 0 Å². The van der Waals surface area contributed by atoms with Crippen LogP contribution in [0.4, 0.5) is 4.39 Å². The van der Waals surface area contributed by atoms with Gasteiger partial charge in [0, 0.05) is 6.54 Å². The van der Waals surface area contributed by atoms with Crippen molar-refractivity contribution in [2.75, 3.05) is 20.3 Å². The molecule has 5 heteroatoms. The van der Waals surface area contributed by atoms with E-state index >= 15 is 0 Å². The molecule has 2 rings (SSSR count). The Morgan fingerprint density at radius 2 is 1.70 bits per heavy atom. The lowest BCUT2D eigenvalue weighted by molar-refractivity contribution is 0.311. The summed E-state index contributed by atoms with van der Waals surface area (Å²) in [6.45, 7) is 0.665. The number of methoxy groups -OCH3 is 1. The third-order valence-electron chi connectivity index (χ3n) is 2.73. The predicted octanol–water partition coefficient (Wildman–Crippen LogP) is 3.26. The highest BCUT2D eigenvalue weighted by Crippen LogP contribution is 2.27. The maximum atomic E-state index is 13.8. The Morgan fingerprint density at radius 3 is 2.25 bits per heavy atom. The quantitative estimate of drug-likeness (QED) is 0.921. The molecule has 0 aromatic heterocycles. The fourth-order valence-electron chi connectivity index (χ4n) is 1.75. The lowest BCUT2D eigenvalue weighted by Crippen LogP contribution is -2.11. The zero-order valence-corrected chi connectivity index (χ0v) is 12.0. The van der Waals surface area contributed by atoms with E-state index in [1.165, 1.54) is 6.07 Å². The number of hydrogen-bond acceptors (Lipinski definition) is 3. The molecule has 0 bridgehead atoms. The molecule has 0 aliphatic rings. The summed E-state index contributed by atoms with van der Waals surface area (Å²) in [6, 6.07) is 12.3. The van der Waals surface area contributed by atoms with Crippen molar-refractivity contribution < 1.29 is 13.9 Å². The summed E-state index contributed by atoms with van der Waals surface area (Å²) in [6.07, 6.45) is 0. The zero-order valence-electron chi connectivity index (χ0n) is 11.1. The molecule has 2 aromatic carbocycles. The van der Waals surface area contributed by atoms with Crippen molar-refractivity contribution in [2.24, 2.45) is 5.73 Å². The van der Waals surface area contributed by atoms with Crippen LogP contribution in [0.3, 0.4) is 0 Å². The highest BCUT2D eigenvalue weighted by Gasteiger charge is 2.06. The molecule has 20 heavy (non-hydrogen) atoms. The Bertz CT molecular complexity index is 546. The summed E-state index contributed by atoms with van der Waals surface area (Å²) < 4.78 is 24.1. The lowest BCUT2D eigenvalue weighted by atomic mass is 10.1. The van der Waals surface area contributed by atoms with E-state index in [-0.39, 0.29) is 24.0 Å². The molecule has 0 heterocycles. The topological polar surface area (TPSA) is 44.5 Å². The van der Waals surface area contributed by atoms with Gasteiger partial charge in [-0.3, -0.25) is 0 Å². The molecule has 0 amide bonds. The molecule has 0 saturated heterocycles. The Hall–Kier alpha value is -1.78. The molecule has 0 aliphatic carbocycles. The first kappa shape index (κ1) is 16.3. The van der Waals surface area contributed by atoms with Crippen molar-refractivity contribution in [3.05, 3.63) is 48.3 Å². The molecular formula is C15H17ClFNO2. The third-order valence-corrected chi connectivity index (χ3v) is 2.73. The molecule has 0 spiro atoms. The molecule has 108 valence electrons. The van der Waals surface area contributed by atoms with E-state index in [1.54, 1.807) is 13.2 Å². The van der Waals surface area contributed by atoms with Crippen molar-refractivity contribution in [1.29, 1.82) is 0 Å². The van der Waals surface area contributed by atoms with Gasteiger partial charge in [-0.2, -0.15) is 0 Å². The van der Waals surface area contributed by atoms with Gasteiger partial charge in [0.15, 0.2) is 11.6 Å². The fourth-order valence-corrected chi connectivity index (χ4v) is 1.75. The van der Waals surface area contributed by atoms with E-state index in [1.807, 2.05) is 30.3 Å². The molecule has 0 atom stereocenters. The van der Waals surface area contributed by atoms with Crippen molar-refractivity contribution in [2.45, 2.75) is 0 Å². The number of ether oxygens (including phenoxy) is 2. The Kier molecular flexibility index (Phi) is 6.28. The van der Waals surface area contributed by atoms with Crippen LogP contribution < -0.4 is 15.2 Å².